The lowest BCUT2D eigenvalue weighted by Crippen LogP contribution is -2.15. The molecule has 2 aromatic heterocycles. The molecule has 134 valence electrons. The Labute approximate surface area is 147 Å². The van der Waals surface area contributed by atoms with Crippen molar-refractivity contribution in [1.29, 1.82) is 0 Å². The molecule has 0 bridgehead atoms. The molecule has 7 nitrogen and oxygen atoms in total. The number of pyridine rings is 1. The number of nitrogens with zero attached hydrogens (tertiary/aromatic N) is 3. The van der Waals surface area contributed by atoms with Crippen LogP contribution >= 0.6 is 0 Å². The van der Waals surface area contributed by atoms with E-state index in [1.165, 1.54) is 19.2 Å². The fourth-order valence-corrected chi connectivity index (χ4v) is 3.22. The van der Waals surface area contributed by atoms with E-state index in [9.17, 15) is 22.0 Å². The first-order chi connectivity index (χ1) is 12.3. The molecule has 0 radical (unpaired) electrons. The van der Waals surface area contributed by atoms with E-state index < -0.39 is 32.5 Å². The third-order valence-electron chi connectivity index (χ3n) is 3.51. The zero-order valence-corrected chi connectivity index (χ0v) is 14.2. The average Bonchev–Trinajstić information content (AvgIpc) is 3.09. The largest absolute Gasteiger partial charge is 0.318 e. The van der Waals surface area contributed by atoms with Crippen LogP contribution in [-0.4, -0.2) is 28.5 Å². The molecule has 10 heteroatoms. The topological polar surface area (TPSA) is 94.0 Å². The predicted octanol–water partition coefficient (Wildman–Crippen LogP) is 2.35. The van der Waals surface area contributed by atoms with E-state index in [0.29, 0.717) is 16.2 Å². The van der Waals surface area contributed by atoms with E-state index in [2.05, 4.69) is 15.4 Å². The molecule has 0 unspecified atom stereocenters. The zero-order valence-electron chi connectivity index (χ0n) is 13.3. The normalized spacial score (nSPS) is 11.3. The van der Waals surface area contributed by atoms with Crippen LogP contribution in [-0.2, 0) is 10.0 Å². The van der Waals surface area contributed by atoms with Crippen LogP contribution in [0.4, 0.5) is 14.5 Å². The van der Waals surface area contributed by atoms with Crippen LogP contribution in [0.15, 0.2) is 53.8 Å². The van der Waals surface area contributed by atoms with E-state index >= 15 is 0 Å². The number of halogens is 2. The Hall–Kier alpha value is -3.14. The second-order valence-electron chi connectivity index (χ2n) is 5.29. The maximum absolute atomic E-state index is 13.7. The van der Waals surface area contributed by atoms with Crippen LogP contribution in [0, 0.1) is 18.6 Å². The van der Waals surface area contributed by atoms with Crippen molar-refractivity contribution in [3.8, 4) is 0 Å². The predicted molar refractivity (Wildman–Crippen MR) is 88.1 cm³/mol. The van der Waals surface area contributed by atoms with E-state index in [1.807, 2.05) is 0 Å². The number of hydrogen-bond acceptors (Lipinski definition) is 5. The van der Waals surface area contributed by atoms with Crippen molar-refractivity contribution >= 4 is 21.6 Å². The molecule has 1 aromatic carbocycles. The van der Waals surface area contributed by atoms with Crippen LogP contribution < -0.4 is 5.32 Å². The van der Waals surface area contributed by atoms with E-state index in [0.717, 1.165) is 12.4 Å². The van der Waals surface area contributed by atoms with Gasteiger partial charge in [0.05, 0.1) is 23.0 Å². The van der Waals surface area contributed by atoms with Gasteiger partial charge >= 0.3 is 0 Å². The maximum atomic E-state index is 13.7. The third kappa shape index (κ3) is 3.31. The first kappa shape index (κ1) is 17.7. The van der Waals surface area contributed by atoms with Gasteiger partial charge in [-0.25, -0.2) is 8.78 Å². The standard InChI is InChI=1S/C16H12F2N4O3S/c1-10-13(17)6-12(7-14(10)18)26(24,25)22-9-11(8-20-22)21-16(23)15-4-2-3-5-19-15/h2-9H,1H3,(H,21,23). The van der Waals surface area contributed by atoms with Gasteiger partial charge in [0.25, 0.3) is 15.9 Å². The summed E-state index contributed by atoms with van der Waals surface area (Å²) in [5, 5.41) is 6.08. The molecule has 0 atom stereocenters. The van der Waals surface area contributed by atoms with Gasteiger partial charge in [0.1, 0.15) is 17.3 Å². The summed E-state index contributed by atoms with van der Waals surface area (Å²) in [5.74, 6) is -2.53. The second kappa shape index (κ2) is 6.64. The highest BCUT2D eigenvalue weighted by atomic mass is 32.2. The van der Waals surface area contributed by atoms with Crippen LogP contribution in [0.25, 0.3) is 0 Å². The second-order valence-corrected chi connectivity index (χ2v) is 7.08. The Morgan fingerprint density at radius 1 is 1.19 bits per heavy atom. The van der Waals surface area contributed by atoms with Crippen LogP contribution in [0.5, 0.6) is 0 Å². The molecule has 3 rings (SSSR count). The summed E-state index contributed by atoms with van der Waals surface area (Å²) in [7, 11) is -4.32. The Morgan fingerprint density at radius 2 is 1.88 bits per heavy atom. The van der Waals surface area contributed by atoms with Gasteiger partial charge in [-0.1, -0.05) is 6.07 Å². The van der Waals surface area contributed by atoms with E-state index in [4.69, 9.17) is 0 Å². The summed E-state index contributed by atoms with van der Waals surface area (Å²) < 4.78 is 52.7. The van der Waals surface area contributed by atoms with Crippen molar-refractivity contribution < 1.29 is 22.0 Å². The first-order valence-electron chi connectivity index (χ1n) is 7.27. The summed E-state index contributed by atoms with van der Waals surface area (Å²) in [6.07, 6.45) is 3.55. The minimum absolute atomic E-state index is 0.0808. The number of aromatic nitrogens is 3. The van der Waals surface area contributed by atoms with E-state index in [1.54, 1.807) is 12.1 Å². The maximum Gasteiger partial charge on any atom is 0.283 e. The molecule has 0 aliphatic heterocycles. The minimum atomic E-state index is -4.32. The average molecular weight is 378 g/mol. The number of carbonyl (C=O) groups excluding carboxylic acids is 1. The van der Waals surface area contributed by atoms with Gasteiger partial charge in [-0.15, -0.1) is 0 Å². The number of carbonyl (C=O) groups is 1. The monoisotopic (exact) mass is 378 g/mol. The Balaban J connectivity index is 1.88. The molecule has 0 aliphatic rings. The summed E-state index contributed by atoms with van der Waals surface area (Å²) >= 11 is 0. The van der Waals surface area contributed by atoms with Crippen molar-refractivity contribution in [2.45, 2.75) is 11.8 Å². The van der Waals surface area contributed by atoms with Crippen molar-refractivity contribution in [1.82, 2.24) is 14.2 Å². The zero-order chi connectivity index (χ0) is 18.9. The number of rotatable bonds is 4. The smallest absolute Gasteiger partial charge is 0.283 e. The summed E-state index contributed by atoms with van der Waals surface area (Å²) in [4.78, 5) is 15.3. The molecule has 0 saturated carbocycles. The summed E-state index contributed by atoms with van der Waals surface area (Å²) in [6, 6.07) is 6.16. The lowest BCUT2D eigenvalue weighted by molar-refractivity contribution is 0.102. The lowest BCUT2D eigenvalue weighted by atomic mass is 10.2. The summed E-state index contributed by atoms with van der Waals surface area (Å²) in [6.45, 7) is 1.19. The SMILES string of the molecule is Cc1c(F)cc(S(=O)(=O)n2cc(NC(=O)c3ccccn3)cn2)cc1F. The third-order valence-corrected chi connectivity index (χ3v) is 5.04. The van der Waals surface area contributed by atoms with E-state index in [-0.39, 0.29) is 16.9 Å². The highest BCUT2D eigenvalue weighted by Gasteiger charge is 2.22. The Kier molecular flexibility index (Phi) is 4.51. The number of hydrogen-bond donors (Lipinski definition) is 1. The quantitative estimate of drug-likeness (QED) is 0.752. The molecular weight excluding hydrogens is 366 g/mol. The molecule has 0 saturated heterocycles. The van der Waals surface area contributed by atoms with Crippen molar-refractivity contribution in [3.05, 3.63) is 71.8 Å². The molecule has 0 fully saturated rings. The van der Waals surface area contributed by atoms with Gasteiger partial charge in [-0.2, -0.15) is 17.6 Å². The molecular formula is C16H12F2N4O3S. The molecule has 0 aliphatic carbocycles. The highest BCUT2D eigenvalue weighted by molar-refractivity contribution is 7.89. The fourth-order valence-electron chi connectivity index (χ4n) is 2.07. The number of nitrogens with one attached hydrogen (secondary N) is 1. The molecule has 1 amide bonds. The number of benzene rings is 1. The van der Waals surface area contributed by atoms with Gasteiger partial charge in [-0.3, -0.25) is 9.78 Å². The van der Waals surface area contributed by atoms with Gasteiger partial charge in [0.15, 0.2) is 0 Å². The van der Waals surface area contributed by atoms with Gasteiger partial charge < -0.3 is 5.32 Å². The van der Waals surface area contributed by atoms with Crippen molar-refractivity contribution in [2.75, 3.05) is 5.32 Å². The first-order valence-corrected chi connectivity index (χ1v) is 8.71. The number of amides is 1. The molecule has 1 N–H and O–H groups in total. The van der Waals surface area contributed by atoms with Gasteiger partial charge in [0.2, 0.25) is 0 Å². The fraction of sp³-hybridized carbons (Fsp3) is 0.0625. The molecule has 2 heterocycles. The van der Waals surface area contributed by atoms with Crippen molar-refractivity contribution in [3.63, 3.8) is 0 Å². The Morgan fingerprint density at radius 3 is 2.50 bits per heavy atom. The summed E-state index contributed by atoms with van der Waals surface area (Å²) in [5.41, 5.74) is -0.0733. The van der Waals surface area contributed by atoms with Crippen LogP contribution in [0.3, 0.4) is 0 Å². The molecule has 3 aromatic rings. The van der Waals surface area contributed by atoms with Gasteiger partial charge in [-0.05, 0) is 31.2 Å². The highest BCUT2D eigenvalue weighted by Crippen LogP contribution is 2.21. The number of anilines is 1. The minimum Gasteiger partial charge on any atom is -0.318 e. The lowest BCUT2D eigenvalue weighted by Gasteiger charge is -2.06. The van der Waals surface area contributed by atoms with Crippen LogP contribution in [0.1, 0.15) is 16.1 Å². The Bertz CT molecular complexity index is 1060. The molecule has 0 spiro atoms. The van der Waals surface area contributed by atoms with Gasteiger partial charge in [0, 0.05) is 11.8 Å². The molecule has 26 heavy (non-hydrogen) atoms. The van der Waals surface area contributed by atoms with Crippen LogP contribution in [0.2, 0.25) is 0 Å². The van der Waals surface area contributed by atoms with Crippen molar-refractivity contribution in [2.24, 2.45) is 0 Å².